The summed E-state index contributed by atoms with van der Waals surface area (Å²) in [5.74, 6) is 1.81. The average molecular weight is 466 g/mol. The Labute approximate surface area is 197 Å². The van der Waals surface area contributed by atoms with Crippen molar-refractivity contribution >= 4 is 23.5 Å². The van der Waals surface area contributed by atoms with Crippen LogP contribution in [0.4, 0.5) is 5.82 Å². The second-order valence-corrected chi connectivity index (χ2v) is 8.83. The summed E-state index contributed by atoms with van der Waals surface area (Å²) in [7, 11) is 3.41. The van der Waals surface area contributed by atoms with Gasteiger partial charge < -0.3 is 19.4 Å². The Morgan fingerprint density at radius 3 is 2.70 bits per heavy atom. The van der Waals surface area contributed by atoms with Crippen molar-refractivity contribution in [3.8, 4) is 11.5 Å². The van der Waals surface area contributed by atoms with Crippen LogP contribution >= 0.6 is 11.8 Å². The lowest BCUT2D eigenvalue weighted by Crippen LogP contribution is -2.33. The van der Waals surface area contributed by atoms with Gasteiger partial charge in [-0.15, -0.1) is 0 Å². The van der Waals surface area contributed by atoms with Crippen molar-refractivity contribution in [3.05, 3.63) is 75.1 Å². The summed E-state index contributed by atoms with van der Waals surface area (Å²) in [4.78, 5) is 30.2. The van der Waals surface area contributed by atoms with Gasteiger partial charge in [-0.2, -0.15) is 4.98 Å². The Morgan fingerprint density at radius 2 is 1.97 bits per heavy atom. The van der Waals surface area contributed by atoms with Crippen molar-refractivity contribution in [2.45, 2.75) is 37.1 Å². The van der Waals surface area contributed by atoms with Crippen LogP contribution in [0.2, 0.25) is 0 Å². The van der Waals surface area contributed by atoms with Gasteiger partial charge in [0.05, 0.1) is 19.3 Å². The molecule has 1 aromatic heterocycles. The van der Waals surface area contributed by atoms with Crippen LogP contribution in [0.3, 0.4) is 0 Å². The second kappa shape index (κ2) is 9.70. The molecular formula is C25H27N3O4S. The predicted molar refractivity (Wildman–Crippen MR) is 129 cm³/mol. The van der Waals surface area contributed by atoms with E-state index in [1.165, 1.54) is 22.9 Å². The lowest BCUT2D eigenvalue weighted by Gasteiger charge is -2.28. The minimum atomic E-state index is -0.416. The predicted octanol–water partition coefficient (Wildman–Crippen LogP) is 4.26. The number of rotatable bonds is 7. The second-order valence-electron chi connectivity index (χ2n) is 7.88. The molecule has 0 fully saturated rings. The molecule has 7 nitrogen and oxygen atoms in total. The monoisotopic (exact) mass is 465 g/mol. The van der Waals surface area contributed by atoms with Crippen molar-refractivity contribution < 1.29 is 14.3 Å². The Kier molecular flexibility index (Phi) is 6.74. The van der Waals surface area contributed by atoms with Crippen LogP contribution in [0.25, 0.3) is 0 Å². The van der Waals surface area contributed by atoms with E-state index in [0.29, 0.717) is 40.4 Å². The van der Waals surface area contributed by atoms with E-state index < -0.39 is 5.92 Å². The topological polar surface area (TPSA) is 82.5 Å². The molecule has 172 valence electrons. The van der Waals surface area contributed by atoms with Gasteiger partial charge in [0.25, 0.3) is 5.56 Å². The summed E-state index contributed by atoms with van der Waals surface area (Å²) in [6.45, 7) is 4.43. The molecule has 0 saturated carbocycles. The molecule has 3 aromatic rings. The minimum Gasteiger partial charge on any atom is -0.493 e. The molecule has 0 bridgehead atoms. The zero-order valence-corrected chi connectivity index (χ0v) is 20.0. The summed E-state index contributed by atoms with van der Waals surface area (Å²) in [5, 5.41) is 3.46. The highest BCUT2D eigenvalue weighted by atomic mass is 32.2. The maximum absolute atomic E-state index is 13.2. The smallest absolute Gasteiger partial charge is 0.279 e. The van der Waals surface area contributed by atoms with Gasteiger partial charge in [0.2, 0.25) is 5.91 Å². The van der Waals surface area contributed by atoms with E-state index in [1.54, 1.807) is 17.7 Å². The molecular weight excluding hydrogens is 438 g/mol. The lowest BCUT2D eigenvalue weighted by molar-refractivity contribution is -0.116. The molecule has 1 N–H and O–H groups in total. The fourth-order valence-corrected chi connectivity index (χ4v) is 5.08. The molecule has 2 aromatic carbocycles. The molecule has 0 aliphatic carbocycles. The number of benzene rings is 2. The summed E-state index contributed by atoms with van der Waals surface area (Å²) >= 11 is 1.48. The van der Waals surface area contributed by atoms with Crippen molar-refractivity contribution in [2.24, 2.45) is 7.05 Å². The number of anilines is 1. The zero-order chi connectivity index (χ0) is 23.5. The quantitative estimate of drug-likeness (QED) is 0.415. The number of hydrogen-bond donors (Lipinski definition) is 1. The molecule has 4 rings (SSSR count). The first kappa shape index (κ1) is 22.9. The standard InChI is InChI=1S/C25H27N3O4S/c1-5-32-20-12-16(10-11-19(20)31-4)18-13-21(29)26-23-22(18)24(30)27-25(28(23)3)33-14-17-9-7-6-8-15(17)2/h6-12,18H,5,13-14H2,1-4H3,(H,26,29)/t18-/m1/s1. The molecule has 1 aliphatic rings. The van der Waals surface area contributed by atoms with E-state index in [0.717, 1.165) is 5.56 Å². The average Bonchev–Trinajstić information content (AvgIpc) is 2.81. The first-order valence-electron chi connectivity index (χ1n) is 10.8. The third-order valence-electron chi connectivity index (χ3n) is 5.81. The van der Waals surface area contributed by atoms with Gasteiger partial charge in [-0.1, -0.05) is 42.1 Å². The fourth-order valence-electron chi connectivity index (χ4n) is 4.04. The molecule has 33 heavy (non-hydrogen) atoms. The highest BCUT2D eigenvalue weighted by molar-refractivity contribution is 7.98. The highest BCUT2D eigenvalue weighted by Crippen LogP contribution is 2.39. The molecule has 0 unspecified atom stereocenters. The maximum Gasteiger partial charge on any atom is 0.279 e. The number of ether oxygens (including phenoxy) is 2. The number of thioether (sulfide) groups is 1. The number of carbonyl (C=O) groups excluding carboxylic acids is 1. The van der Waals surface area contributed by atoms with Crippen LogP contribution in [-0.2, 0) is 17.6 Å². The molecule has 8 heteroatoms. The zero-order valence-electron chi connectivity index (χ0n) is 19.2. The molecule has 2 heterocycles. The fraction of sp³-hybridized carbons (Fsp3) is 0.320. The summed E-state index contributed by atoms with van der Waals surface area (Å²) < 4.78 is 12.9. The largest absolute Gasteiger partial charge is 0.493 e. The van der Waals surface area contributed by atoms with E-state index in [9.17, 15) is 9.59 Å². The summed E-state index contributed by atoms with van der Waals surface area (Å²) in [6, 6.07) is 13.6. The van der Waals surface area contributed by atoms with E-state index >= 15 is 0 Å². The first-order valence-corrected chi connectivity index (χ1v) is 11.8. The third kappa shape index (κ3) is 4.61. The number of fused-ring (bicyclic) bond motifs is 1. The molecule has 1 aliphatic heterocycles. The summed E-state index contributed by atoms with van der Waals surface area (Å²) in [6.07, 6.45) is 0.164. The van der Waals surface area contributed by atoms with Crippen LogP contribution in [-0.4, -0.2) is 29.2 Å². The number of nitrogens with zero attached hydrogens (tertiary/aromatic N) is 2. The molecule has 1 atom stereocenters. The van der Waals surface area contributed by atoms with Crippen LogP contribution < -0.4 is 20.3 Å². The first-order chi connectivity index (χ1) is 15.9. The van der Waals surface area contributed by atoms with Gasteiger partial charge in [-0.25, -0.2) is 0 Å². The van der Waals surface area contributed by atoms with Crippen LogP contribution in [0, 0.1) is 6.92 Å². The van der Waals surface area contributed by atoms with Crippen molar-refractivity contribution in [1.29, 1.82) is 0 Å². The van der Waals surface area contributed by atoms with Crippen molar-refractivity contribution in [1.82, 2.24) is 9.55 Å². The SMILES string of the molecule is CCOc1cc([C@H]2CC(=O)Nc3c2c(=O)nc(SCc2ccccc2C)n3C)ccc1OC. The Morgan fingerprint density at radius 1 is 1.18 bits per heavy atom. The van der Waals surface area contributed by atoms with Gasteiger partial charge in [0.1, 0.15) is 5.82 Å². The van der Waals surface area contributed by atoms with Gasteiger partial charge >= 0.3 is 0 Å². The normalized spacial score (nSPS) is 15.0. The number of aromatic nitrogens is 2. The van der Waals surface area contributed by atoms with Gasteiger partial charge in [-0.05, 0) is 42.7 Å². The summed E-state index contributed by atoms with van der Waals surface area (Å²) in [5.41, 5.74) is 3.35. The number of hydrogen-bond acceptors (Lipinski definition) is 6. The Hall–Kier alpha value is -3.26. The molecule has 1 amide bonds. The van der Waals surface area contributed by atoms with E-state index in [4.69, 9.17) is 9.47 Å². The lowest BCUT2D eigenvalue weighted by atomic mass is 9.86. The molecule has 0 saturated heterocycles. The van der Waals surface area contributed by atoms with Crippen LogP contribution in [0.1, 0.15) is 41.5 Å². The highest BCUT2D eigenvalue weighted by Gasteiger charge is 2.32. The van der Waals surface area contributed by atoms with Gasteiger partial charge in [0.15, 0.2) is 16.7 Å². The number of nitrogens with one attached hydrogen (secondary N) is 1. The Balaban J connectivity index is 1.73. The number of amides is 1. The van der Waals surface area contributed by atoms with Crippen LogP contribution in [0.15, 0.2) is 52.4 Å². The Bertz CT molecular complexity index is 1250. The third-order valence-corrected chi connectivity index (χ3v) is 6.89. The molecule has 0 radical (unpaired) electrons. The van der Waals surface area contributed by atoms with Crippen molar-refractivity contribution in [3.63, 3.8) is 0 Å². The number of methoxy groups -OCH3 is 1. The minimum absolute atomic E-state index is 0.141. The van der Waals surface area contributed by atoms with Crippen LogP contribution in [0.5, 0.6) is 11.5 Å². The van der Waals surface area contributed by atoms with E-state index in [1.807, 2.05) is 38.2 Å². The van der Waals surface area contributed by atoms with E-state index in [-0.39, 0.29) is 17.9 Å². The maximum atomic E-state index is 13.2. The van der Waals surface area contributed by atoms with Gasteiger partial charge in [0, 0.05) is 25.1 Å². The number of carbonyl (C=O) groups is 1. The number of aryl methyl sites for hydroxylation is 1. The van der Waals surface area contributed by atoms with Crippen molar-refractivity contribution in [2.75, 3.05) is 19.0 Å². The van der Waals surface area contributed by atoms with E-state index in [2.05, 4.69) is 29.4 Å². The van der Waals surface area contributed by atoms with Gasteiger partial charge in [-0.3, -0.25) is 9.59 Å². The molecule has 0 spiro atoms.